The van der Waals surface area contributed by atoms with Crippen molar-refractivity contribution < 1.29 is 13.2 Å². The lowest BCUT2D eigenvalue weighted by atomic mass is 9.98. The quantitative estimate of drug-likeness (QED) is 0.813. The number of likely N-dealkylation sites (N-methyl/N-ethyl adjacent to an activating group) is 1. The van der Waals surface area contributed by atoms with Crippen molar-refractivity contribution in [2.24, 2.45) is 0 Å². The molecule has 0 saturated carbocycles. The Kier molecular flexibility index (Phi) is 5.42. The van der Waals surface area contributed by atoms with Crippen molar-refractivity contribution >= 4 is 15.9 Å². The van der Waals surface area contributed by atoms with E-state index >= 15 is 0 Å². The van der Waals surface area contributed by atoms with E-state index in [2.05, 4.69) is 21.2 Å². The van der Waals surface area contributed by atoms with E-state index in [1.54, 1.807) is 12.1 Å². The Hall–Kier alpha value is -1.33. The second kappa shape index (κ2) is 7.09. The Morgan fingerprint density at radius 3 is 2.57 bits per heavy atom. The van der Waals surface area contributed by atoms with Crippen LogP contribution in [-0.2, 0) is 6.42 Å². The molecular weight excluding hydrogens is 343 g/mol. The smallest absolute Gasteiger partial charge is 0.163 e. The summed E-state index contributed by atoms with van der Waals surface area (Å²) >= 11 is 3.30. The number of rotatable bonds is 5. The van der Waals surface area contributed by atoms with Gasteiger partial charge < -0.3 is 5.32 Å². The van der Waals surface area contributed by atoms with E-state index in [-0.39, 0.29) is 17.4 Å². The fourth-order valence-electron chi connectivity index (χ4n) is 2.24. The zero-order valence-electron chi connectivity index (χ0n) is 11.5. The molecule has 0 aliphatic heterocycles. The zero-order chi connectivity index (χ0) is 15.4. The minimum absolute atomic E-state index is 0.271. The monoisotopic (exact) mass is 357 g/mol. The molecule has 0 spiro atoms. The Morgan fingerprint density at radius 2 is 1.90 bits per heavy atom. The Balaban J connectivity index is 2.33. The Labute approximate surface area is 130 Å². The van der Waals surface area contributed by atoms with Crippen LogP contribution in [0.15, 0.2) is 40.9 Å². The largest absolute Gasteiger partial charge is 0.310 e. The van der Waals surface area contributed by atoms with Gasteiger partial charge in [-0.05, 0) is 36.7 Å². The molecule has 0 fully saturated rings. The van der Waals surface area contributed by atoms with Gasteiger partial charge in [-0.25, -0.2) is 13.2 Å². The number of halogens is 4. The highest BCUT2D eigenvalue weighted by Crippen LogP contribution is 2.27. The molecule has 21 heavy (non-hydrogen) atoms. The summed E-state index contributed by atoms with van der Waals surface area (Å²) < 4.78 is 41.1. The van der Waals surface area contributed by atoms with Crippen molar-refractivity contribution in [1.82, 2.24) is 5.32 Å². The molecule has 0 heterocycles. The maximum Gasteiger partial charge on any atom is 0.163 e. The molecule has 1 unspecified atom stereocenters. The molecule has 0 radical (unpaired) electrons. The first-order valence-corrected chi connectivity index (χ1v) is 7.43. The predicted molar refractivity (Wildman–Crippen MR) is 80.6 cm³/mol. The van der Waals surface area contributed by atoms with Gasteiger partial charge in [-0.2, -0.15) is 0 Å². The van der Waals surface area contributed by atoms with Gasteiger partial charge >= 0.3 is 0 Å². The minimum atomic E-state index is -0.867. The number of benzene rings is 2. The van der Waals surface area contributed by atoms with Crippen LogP contribution in [0.2, 0.25) is 0 Å². The average Bonchev–Trinajstić information content (AvgIpc) is 2.44. The van der Waals surface area contributed by atoms with E-state index in [1.165, 1.54) is 18.2 Å². The van der Waals surface area contributed by atoms with Crippen molar-refractivity contribution in [3.63, 3.8) is 0 Å². The second-order valence-electron chi connectivity index (χ2n) is 4.69. The maximum absolute atomic E-state index is 14.0. The first-order chi connectivity index (χ1) is 10.0. The normalized spacial score (nSPS) is 12.4. The second-order valence-corrected chi connectivity index (χ2v) is 5.55. The molecule has 1 N–H and O–H groups in total. The standard InChI is InChI=1S/C16H15BrF3N/c1-2-21-15(12-4-3-5-14(19)16(12)20)8-10-6-7-11(18)9-13(10)17/h3-7,9,15,21H,2,8H2,1H3. The molecule has 2 aromatic rings. The van der Waals surface area contributed by atoms with Gasteiger partial charge in [0.2, 0.25) is 0 Å². The van der Waals surface area contributed by atoms with Gasteiger partial charge in [-0.1, -0.05) is 41.1 Å². The van der Waals surface area contributed by atoms with Crippen LogP contribution in [0.3, 0.4) is 0 Å². The van der Waals surface area contributed by atoms with Gasteiger partial charge in [0.05, 0.1) is 0 Å². The van der Waals surface area contributed by atoms with Gasteiger partial charge in [-0.3, -0.25) is 0 Å². The van der Waals surface area contributed by atoms with E-state index in [1.807, 2.05) is 6.92 Å². The highest BCUT2D eigenvalue weighted by molar-refractivity contribution is 9.10. The molecule has 0 bridgehead atoms. The van der Waals surface area contributed by atoms with Crippen LogP contribution in [0.5, 0.6) is 0 Å². The zero-order valence-corrected chi connectivity index (χ0v) is 13.1. The SMILES string of the molecule is CCNC(Cc1ccc(F)cc1Br)c1cccc(F)c1F. The molecule has 5 heteroatoms. The van der Waals surface area contributed by atoms with Crippen LogP contribution in [0, 0.1) is 17.5 Å². The van der Waals surface area contributed by atoms with Crippen LogP contribution in [0.1, 0.15) is 24.1 Å². The Morgan fingerprint density at radius 1 is 1.14 bits per heavy atom. The fourth-order valence-corrected chi connectivity index (χ4v) is 2.75. The first-order valence-electron chi connectivity index (χ1n) is 6.64. The third-order valence-corrected chi connectivity index (χ3v) is 3.98. The summed E-state index contributed by atoms with van der Waals surface area (Å²) in [7, 11) is 0. The number of nitrogens with one attached hydrogen (secondary N) is 1. The summed E-state index contributed by atoms with van der Waals surface area (Å²) in [6.45, 7) is 2.50. The van der Waals surface area contributed by atoms with E-state index in [0.717, 1.165) is 11.6 Å². The lowest BCUT2D eigenvalue weighted by molar-refractivity contribution is 0.464. The summed E-state index contributed by atoms with van der Waals surface area (Å²) in [6.07, 6.45) is 0.426. The van der Waals surface area contributed by atoms with Gasteiger partial charge in [0.1, 0.15) is 5.82 Å². The molecule has 0 saturated heterocycles. The topological polar surface area (TPSA) is 12.0 Å². The summed E-state index contributed by atoms with van der Waals surface area (Å²) in [4.78, 5) is 0. The molecule has 2 rings (SSSR count). The van der Waals surface area contributed by atoms with Crippen LogP contribution >= 0.6 is 15.9 Å². The van der Waals surface area contributed by atoms with E-state index in [4.69, 9.17) is 0 Å². The molecule has 2 aromatic carbocycles. The molecule has 0 aromatic heterocycles. The Bertz CT molecular complexity index is 631. The lowest BCUT2D eigenvalue weighted by Gasteiger charge is -2.20. The van der Waals surface area contributed by atoms with Gasteiger partial charge in [-0.15, -0.1) is 0 Å². The molecule has 1 nitrogen and oxygen atoms in total. The van der Waals surface area contributed by atoms with Crippen molar-refractivity contribution in [3.05, 3.63) is 69.4 Å². The highest BCUT2D eigenvalue weighted by Gasteiger charge is 2.19. The summed E-state index contributed by atoms with van der Waals surface area (Å²) in [5.74, 6) is -2.06. The van der Waals surface area contributed by atoms with Crippen LogP contribution in [0.4, 0.5) is 13.2 Å². The van der Waals surface area contributed by atoms with E-state index < -0.39 is 11.6 Å². The van der Waals surface area contributed by atoms with Crippen LogP contribution in [0.25, 0.3) is 0 Å². The van der Waals surface area contributed by atoms with Crippen LogP contribution in [-0.4, -0.2) is 6.54 Å². The maximum atomic E-state index is 14.0. The molecule has 0 aliphatic carbocycles. The van der Waals surface area contributed by atoms with E-state index in [0.29, 0.717) is 17.4 Å². The molecule has 112 valence electrons. The lowest BCUT2D eigenvalue weighted by Crippen LogP contribution is -2.24. The van der Waals surface area contributed by atoms with Gasteiger partial charge in [0.15, 0.2) is 11.6 Å². The fraction of sp³-hybridized carbons (Fsp3) is 0.250. The predicted octanol–water partition coefficient (Wildman–Crippen LogP) is 4.76. The minimum Gasteiger partial charge on any atom is -0.310 e. The number of hydrogen-bond donors (Lipinski definition) is 1. The highest BCUT2D eigenvalue weighted by atomic mass is 79.9. The molecular formula is C16H15BrF3N. The van der Waals surface area contributed by atoms with Crippen LogP contribution < -0.4 is 5.32 Å². The third kappa shape index (κ3) is 3.86. The summed E-state index contributed by atoms with van der Waals surface area (Å²) in [5.41, 5.74) is 1.10. The van der Waals surface area contributed by atoms with Gasteiger partial charge in [0.25, 0.3) is 0 Å². The molecule has 0 amide bonds. The van der Waals surface area contributed by atoms with Crippen molar-refractivity contribution in [2.45, 2.75) is 19.4 Å². The van der Waals surface area contributed by atoms with Crippen molar-refractivity contribution in [1.29, 1.82) is 0 Å². The third-order valence-electron chi connectivity index (χ3n) is 3.25. The van der Waals surface area contributed by atoms with Gasteiger partial charge in [0, 0.05) is 16.1 Å². The molecule has 0 aliphatic rings. The van der Waals surface area contributed by atoms with E-state index in [9.17, 15) is 13.2 Å². The summed E-state index contributed by atoms with van der Waals surface area (Å²) in [5, 5.41) is 3.14. The van der Waals surface area contributed by atoms with Crippen molar-refractivity contribution in [2.75, 3.05) is 6.54 Å². The summed E-state index contributed by atoms with van der Waals surface area (Å²) in [6, 6.07) is 8.11. The average molecular weight is 358 g/mol. The molecule has 1 atom stereocenters. The number of hydrogen-bond acceptors (Lipinski definition) is 1. The first kappa shape index (κ1) is 16.0. The van der Waals surface area contributed by atoms with Crippen molar-refractivity contribution in [3.8, 4) is 0 Å².